The highest BCUT2D eigenvalue weighted by Gasteiger charge is 2.11. The molecule has 0 saturated carbocycles. The molecule has 0 fully saturated rings. The Kier molecular flexibility index (Phi) is 6.52. The number of ether oxygens (including phenoxy) is 3. The number of hydrogen-bond acceptors (Lipinski definition) is 6. The third kappa shape index (κ3) is 4.71. The van der Waals surface area contributed by atoms with Crippen LogP contribution in [0.5, 0.6) is 5.75 Å². The Bertz CT molecular complexity index is 863. The number of carbonyl (C=O) groups excluding carboxylic acids is 2. The van der Waals surface area contributed by atoms with Crippen LogP contribution in [0.4, 0.5) is 0 Å². The molecular weight excluding hydrogens is 334 g/mol. The predicted octanol–water partition coefficient (Wildman–Crippen LogP) is 3.13. The van der Waals surface area contributed by atoms with E-state index >= 15 is 0 Å². The van der Waals surface area contributed by atoms with Gasteiger partial charge < -0.3 is 14.2 Å². The average Bonchev–Trinajstić information content (AvgIpc) is 2.70. The molecule has 0 atom stereocenters. The van der Waals surface area contributed by atoms with Gasteiger partial charge in [0.1, 0.15) is 24.0 Å². The molecule has 0 aliphatic heterocycles. The maximum Gasteiger partial charge on any atom is 0.348 e. The van der Waals surface area contributed by atoms with E-state index in [2.05, 4.69) is 9.47 Å². The minimum atomic E-state index is -0.708. The lowest BCUT2D eigenvalue weighted by molar-refractivity contribution is -0.135. The minimum absolute atomic E-state index is 0.119. The monoisotopic (exact) mass is 351 g/mol. The molecule has 0 aliphatic rings. The molecule has 2 rings (SSSR count). The van der Waals surface area contributed by atoms with Gasteiger partial charge in [-0.05, 0) is 29.8 Å². The third-order valence-electron chi connectivity index (χ3n) is 3.51. The van der Waals surface area contributed by atoms with Crippen LogP contribution in [0, 0.1) is 11.3 Å². The van der Waals surface area contributed by atoms with Crippen LogP contribution in [0.2, 0.25) is 0 Å². The van der Waals surface area contributed by atoms with Crippen molar-refractivity contribution in [1.29, 1.82) is 5.26 Å². The minimum Gasteiger partial charge on any atom is -0.488 e. The summed E-state index contributed by atoms with van der Waals surface area (Å²) in [6.45, 7) is 0.256. The van der Waals surface area contributed by atoms with Gasteiger partial charge in [0.2, 0.25) is 0 Å². The van der Waals surface area contributed by atoms with Gasteiger partial charge in [0, 0.05) is 5.56 Å². The Hall–Kier alpha value is -3.59. The summed E-state index contributed by atoms with van der Waals surface area (Å²) in [5.74, 6) is -0.596. The van der Waals surface area contributed by atoms with Crippen LogP contribution in [-0.4, -0.2) is 26.2 Å². The van der Waals surface area contributed by atoms with Gasteiger partial charge in [-0.2, -0.15) is 5.26 Å². The molecule has 0 aromatic heterocycles. The van der Waals surface area contributed by atoms with Gasteiger partial charge in [0.05, 0.1) is 19.8 Å². The van der Waals surface area contributed by atoms with Crippen molar-refractivity contribution in [1.82, 2.24) is 0 Å². The number of hydrogen-bond donors (Lipinski definition) is 0. The zero-order valence-corrected chi connectivity index (χ0v) is 14.4. The van der Waals surface area contributed by atoms with E-state index in [1.54, 1.807) is 48.5 Å². The van der Waals surface area contributed by atoms with Crippen molar-refractivity contribution in [2.24, 2.45) is 0 Å². The molecule has 0 unspecified atom stereocenters. The first-order valence-corrected chi connectivity index (χ1v) is 7.68. The molecule has 26 heavy (non-hydrogen) atoms. The molecule has 0 radical (unpaired) electrons. The van der Waals surface area contributed by atoms with Gasteiger partial charge >= 0.3 is 11.9 Å². The van der Waals surface area contributed by atoms with Gasteiger partial charge in [-0.3, -0.25) is 0 Å². The molecular formula is C20H17NO5. The second-order valence-electron chi connectivity index (χ2n) is 5.18. The van der Waals surface area contributed by atoms with Crippen LogP contribution in [0.25, 0.3) is 6.08 Å². The number of para-hydroxylation sites is 1. The lowest BCUT2D eigenvalue weighted by Gasteiger charge is -2.10. The SMILES string of the molecule is COC(=O)C(C#N)=Cc1ccccc1OCc1ccc(C(=O)OC)cc1. The van der Waals surface area contributed by atoms with Crippen molar-refractivity contribution in [2.45, 2.75) is 6.61 Å². The van der Waals surface area contributed by atoms with E-state index in [1.807, 2.05) is 6.07 Å². The summed E-state index contributed by atoms with van der Waals surface area (Å²) < 4.78 is 15.0. The fourth-order valence-electron chi connectivity index (χ4n) is 2.15. The van der Waals surface area contributed by atoms with Crippen LogP contribution in [-0.2, 0) is 20.9 Å². The highest BCUT2D eigenvalue weighted by Crippen LogP contribution is 2.22. The fourth-order valence-corrected chi connectivity index (χ4v) is 2.15. The Morgan fingerprint density at radius 2 is 1.73 bits per heavy atom. The highest BCUT2D eigenvalue weighted by atomic mass is 16.5. The maximum absolute atomic E-state index is 11.6. The Morgan fingerprint density at radius 3 is 2.35 bits per heavy atom. The molecule has 132 valence electrons. The van der Waals surface area contributed by atoms with Crippen molar-refractivity contribution in [3.63, 3.8) is 0 Å². The second kappa shape index (κ2) is 9.04. The molecule has 0 aliphatic carbocycles. The topological polar surface area (TPSA) is 85.6 Å². The molecule has 6 heteroatoms. The van der Waals surface area contributed by atoms with Gasteiger partial charge in [-0.15, -0.1) is 0 Å². The normalized spacial score (nSPS) is 10.6. The van der Waals surface area contributed by atoms with Crippen LogP contribution in [0.3, 0.4) is 0 Å². The van der Waals surface area contributed by atoms with Gasteiger partial charge in [0.15, 0.2) is 0 Å². The summed E-state index contributed by atoms with van der Waals surface area (Å²) in [7, 11) is 2.54. The van der Waals surface area contributed by atoms with Crippen molar-refractivity contribution in [2.75, 3.05) is 14.2 Å². The number of nitriles is 1. The van der Waals surface area contributed by atoms with E-state index in [1.165, 1.54) is 20.3 Å². The molecule has 2 aromatic carbocycles. The van der Waals surface area contributed by atoms with E-state index in [0.717, 1.165) is 5.56 Å². The predicted molar refractivity (Wildman–Crippen MR) is 94.2 cm³/mol. The lowest BCUT2D eigenvalue weighted by atomic mass is 10.1. The smallest absolute Gasteiger partial charge is 0.348 e. The highest BCUT2D eigenvalue weighted by molar-refractivity contribution is 5.98. The van der Waals surface area contributed by atoms with Crippen LogP contribution in [0.1, 0.15) is 21.5 Å². The number of benzene rings is 2. The van der Waals surface area contributed by atoms with Gasteiger partial charge in [0.25, 0.3) is 0 Å². The Labute approximate surface area is 151 Å². The summed E-state index contributed by atoms with van der Waals surface area (Å²) in [5.41, 5.74) is 1.77. The average molecular weight is 351 g/mol. The van der Waals surface area contributed by atoms with Crippen molar-refractivity contribution >= 4 is 18.0 Å². The maximum atomic E-state index is 11.6. The molecule has 0 amide bonds. The van der Waals surface area contributed by atoms with Crippen molar-refractivity contribution in [3.8, 4) is 11.8 Å². The van der Waals surface area contributed by atoms with Crippen LogP contribution < -0.4 is 4.74 Å². The largest absolute Gasteiger partial charge is 0.488 e. The molecule has 0 bridgehead atoms. The van der Waals surface area contributed by atoms with E-state index in [-0.39, 0.29) is 12.2 Å². The van der Waals surface area contributed by atoms with Gasteiger partial charge in [-0.25, -0.2) is 9.59 Å². The number of carbonyl (C=O) groups is 2. The Balaban J connectivity index is 2.16. The first kappa shape index (κ1) is 18.7. The van der Waals surface area contributed by atoms with Crippen molar-refractivity contribution < 1.29 is 23.8 Å². The molecule has 0 spiro atoms. The first-order valence-electron chi connectivity index (χ1n) is 7.68. The summed E-state index contributed by atoms with van der Waals surface area (Å²) >= 11 is 0. The van der Waals surface area contributed by atoms with Crippen molar-refractivity contribution in [3.05, 3.63) is 70.8 Å². The zero-order chi connectivity index (χ0) is 18.9. The number of rotatable bonds is 6. The third-order valence-corrected chi connectivity index (χ3v) is 3.51. The van der Waals surface area contributed by atoms with E-state index in [9.17, 15) is 9.59 Å². The standard InChI is InChI=1S/C20H17NO5/c1-24-19(22)15-9-7-14(8-10-15)13-26-18-6-4-3-5-16(18)11-17(12-21)20(23)25-2/h3-11H,13H2,1-2H3. The van der Waals surface area contributed by atoms with Crippen LogP contribution >= 0.6 is 0 Å². The summed E-state index contributed by atoms with van der Waals surface area (Å²) in [6.07, 6.45) is 1.42. The van der Waals surface area contributed by atoms with E-state index < -0.39 is 11.9 Å². The van der Waals surface area contributed by atoms with E-state index in [4.69, 9.17) is 10.00 Å². The fraction of sp³-hybridized carbons (Fsp3) is 0.150. The summed E-state index contributed by atoms with van der Waals surface area (Å²) in [5, 5.41) is 9.08. The molecule has 0 saturated heterocycles. The van der Waals surface area contributed by atoms with Gasteiger partial charge in [-0.1, -0.05) is 30.3 Å². The molecule has 6 nitrogen and oxygen atoms in total. The second-order valence-corrected chi connectivity index (χ2v) is 5.18. The summed E-state index contributed by atoms with van der Waals surface area (Å²) in [4.78, 5) is 23.0. The summed E-state index contributed by atoms with van der Waals surface area (Å²) in [6, 6.07) is 15.7. The first-order chi connectivity index (χ1) is 12.6. The molecule has 0 heterocycles. The number of methoxy groups -OCH3 is 2. The van der Waals surface area contributed by atoms with Crippen LogP contribution in [0.15, 0.2) is 54.1 Å². The number of esters is 2. The zero-order valence-electron chi connectivity index (χ0n) is 14.4. The Morgan fingerprint density at radius 1 is 1.04 bits per heavy atom. The van der Waals surface area contributed by atoms with E-state index in [0.29, 0.717) is 16.9 Å². The quantitative estimate of drug-likeness (QED) is 0.451. The lowest BCUT2D eigenvalue weighted by Crippen LogP contribution is -2.03. The molecule has 0 N–H and O–H groups in total. The number of nitrogens with zero attached hydrogens (tertiary/aromatic N) is 1. The molecule has 2 aromatic rings.